The first-order chi connectivity index (χ1) is 9.16. The summed E-state index contributed by atoms with van der Waals surface area (Å²) in [6.45, 7) is -0.374. The fourth-order valence-corrected chi connectivity index (χ4v) is 1.45. The molecule has 0 fully saturated rings. The predicted molar refractivity (Wildman–Crippen MR) is 62.0 cm³/mol. The largest absolute Gasteiger partial charge is 0.463 e. The number of rotatable bonds is 5. The number of nitrogens with two attached hydrogens (primary N) is 1. The lowest BCUT2D eigenvalue weighted by molar-refractivity contribution is -0.269. The zero-order chi connectivity index (χ0) is 15.4. The molecule has 1 rings (SSSR count). The van der Waals surface area contributed by atoms with E-state index < -0.39 is 24.0 Å². The molecule has 0 saturated heterocycles. The van der Waals surface area contributed by atoms with Crippen LogP contribution in [0.15, 0.2) is 30.3 Å². The molecular formula is C12H13F5N2O. The van der Waals surface area contributed by atoms with Gasteiger partial charge in [0.05, 0.1) is 0 Å². The van der Waals surface area contributed by atoms with Gasteiger partial charge in [0.2, 0.25) is 0 Å². The van der Waals surface area contributed by atoms with Crippen LogP contribution in [-0.4, -0.2) is 24.6 Å². The fourth-order valence-electron chi connectivity index (χ4n) is 1.45. The molecule has 0 aromatic heterocycles. The third kappa shape index (κ3) is 3.89. The summed E-state index contributed by atoms with van der Waals surface area (Å²) < 4.78 is 60.9. The van der Waals surface area contributed by atoms with Crippen molar-refractivity contribution in [2.75, 3.05) is 6.54 Å². The van der Waals surface area contributed by atoms with Gasteiger partial charge in [-0.05, 0) is 12.0 Å². The predicted octanol–water partition coefficient (Wildman–Crippen LogP) is 2.39. The van der Waals surface area contributed by atoms with Crippen LogP contribution in [0, 0.1) is 0 Å². The average Bonchev–Trinajstić information content (AvgIpc) is 2.38. The van der Waals surface area contributed by atoms with E-state index in [1.807, 2.05) is 0 Å². The van der Waals surface area contributed by atoms with Crippen LogP contribution in [-0.2, 0) is 4.79 Å². The van der Waals surface area contributed by atoms with Crippen molar-refractivity contribution in [2.45, 2.75) is 24.6 Å². The highest BCUT2D eigenvalue weighted by molar-refractivity contribution is 5.84. The van der Waals surface area contributed by atoms with E-state index in [1.165, 1.54) is 0 Å². The van der Waals surface area contributed by atoms with Crippen LogP contribution in [0.2, 0.25) is 0 Å². The van der Waals surface area contributed by atoms with Gasteiger partial charge in [0.1, 0.15) is 0 Å². The van der Waals surface area contributed by atoms with Crippen LogP contribution in [0.1, 0.15) is 18.0 Å². The van der Waals surface area contributed by atoms with E-state index in [0.717, 1.165) is 0 Å². The fraction of sp³-hybridized carbons (Fsp3) is 0.417. The summed E-state index contributed by atoms with van der Waals surface area (Å²) in [6, 6.07) is 8.00. The van der Waals surface area contributed by atoms with Crippen LogP contribution < -0.4 is 11.1 Å². The quantitative estimate of drug-likeness (QED) is 0.820. The molecule has 1 unspecified atom stereocenters. The lowest BCUT2D eigenvalue weighted by Gasteiger charge is -2.19. The SMILES string of the molecule is NC(CCNC(=O)C(F)(F)C(F)(F)F)c1ccccc1. The van der Waals surface area contributed by atoms with Gasteiger partial charge in [-0.15, -0.1) is 0 Å². The molecule has 0 radical (unpaired) electrons. The van der Waals surface area contributed by atoms with Crippen LogP contribution in [0.3, 0.4) is 0 Å². The van der Waals surface area contributed by atoms with E-state index in [2.05, 4.69) is 0 Å². The number of alkyl halides is 5. The van der Waals surface area contributed by atoms with Crippen LogP contribution in [0.4, 0.5) is 22.0 Å². The third-order valence-electron chi connectivity index (χ3n) is 2.61. The summed E-state index contributed by atoms with van der Waals surface area (Å²) in [6.07, 6.45) is -5.86. The van der Waals surface area contributed by atoms with Crippen molar-refractivity contribution in [2.24, 2.45) is 5.73 Å². The Bertz CT molecular complexity index is 447. The molecule has 112 valence electrons. The Morgan fingerprint density at radius 2 is 1.70 bits per heavy atom. The summed E-state index contributed by atoms with van der Waals surface area (Å²) in [5, 5.41) is 1.54. The molecule has 3 N–H and O–H groups in total. The van der Waals surface area contributed by atoms with E-state index in [0.29, 0.717) is 5.56 Å². The van der Waals surface area contributed by atoms with Gasteiger partial charge in [-0.1, -0.05) is 30.3 Å². The summed E-state index contributed by atoms with van der Waals surface area (Å²) in [5.74, 6) is -7.77. The first-order valence-corrected chi connectivity index (χ1v) is 5.69. The maximum atomic E-state index is 12.6. The highest BCUT2D eigenvalue weighted by Crippen LogP contribution is 2.35. The monoisotopic (exact) mass is 296 g/mol. The lowest BCUT2D eigenvalue weighted by Crippen LogP contribution is -2.50. The maximum absolute atomic E-state index is 12.6. The van der Waals surface area contributed by atoms with Gasteiger partial charge in [0, 0.05) is 12.6 Å². The molecule has 0 bridgehead atoms. The van der Waals surface area contributed by atoms with E-state index in [4.69, 9.17) is 5.73 Å². The van der Waals surface area contributed by atoms with Gasteiger partial charge in [0.25, 0.3) is 5.91 Å². The molecule has 1 atom stereocenters. The molecule has 0 aliphatic carbocycles. The normalized spacial score (nSPS) is 13.9. The summed E-state index contributed by atoms with van der Waals surface area (Å²) in [4.78, 5) is 10.8. The second-order valence-electron chi connectivity index (χ2n) is 4.13. The van der Waals surface area contributed by atoms with Crippen molar-refractivity contribution in [3.8, 4) is 0 Å². The minimum absolute atomic E-state index is 0.0453. The van der Waals surface area contributed by atoms with Crippen LogP contribution in [0.25, 0.3) is 0 Å². The van der Waals surface area contributed by atoms with Gasteiger partial charge in [-0.2, -0.15) is 22.0 Å². The molecular weight excluding hydrogens is 283 g/mol. The summed E-state index contributed by atoms with van der Waals surface area (Å²) in [5.41, 5.74) is 6.41. The van der Waals surface area contributed by atoms with Crippen molar-refractivity contribution in [1.29, 1.82) is 0 Å². The third-order valence-corrected chi connectivity index (χ3v) is 2.61. The number of carbonyl (C=O) groups excluding carboxylic acids is 1. The van der Waals surface area contributed by atoms with E-state index in [-0.39, 0.29) is 13.0 Å². The summed E-state index contributed by atoms with van der Waals surface area (Å²) in [7, 11) is 0. The van der Waals surface area contributed by atoms with E-state index in [9.17, 15) is 26.7 Å². The molecule has 1 aromatic rings. The number of benzene rings is 1. The van der Waals surface area contributed by atoms with Crippen LogP contribution >= 0.6 is 0 Å². The van der Waals surface area contributed by atoms with Gasteiger partial charge in [-0.3, -0.25) is 4.79 Å². The maximum Gasteiger partial charge on any atom is 0.463 e. The molecule has 20 heavy (non-hydrogen) atoms. The molecule has 0 spiro atoms. The van der Waals surface area contributed by atoms with Gasteiger partial charge >= 0.3 is 12.1 Å². The smallest absolute Gasteiger partial charge is 0.350 e. The zero-order valence-electron chi connectivity index (χ0n) is 10.3. The zero-order valence-corrected chi connectivity index (χ0v) is 10.3. The molecule has 0 saturated carbocycles. The van der Waals surface area contributed by atoms with Crippen molar-refractivity contribution in [3.63, 3.8) is 0 Å². The standard InChI is InChI=1S/C12H13F5N2O/c13-11(14,12(15,16)17)10(20)19-7-6-9(18)8-4-2-1-3-5-8/h1-5,9H,6-7,18H2,(H,19,20). The highest BCUT2D eigenvalue weighted by atomic mass is 19.4. The number of halogens is 5. The first kappa shape index (κ1) is 16.4. The lowest BCUT2D eigenvalue weighted by atomic mass is 10.1. The van der Waals surface area contributed by atoms with Crippen molar-refractivity contribution < 1.29 is 26.7 Å². The number of hydrogen-bond donors (Lipinski definition) is 2. The Kier molecular flexibility index (Phi) is 5.04. The minimum Gasteiger partial charge on any atom is -0.350 e. The number of amides is 1. The molecule has 3 nitrogen and oxygen atoms in total. The van der Waals surface area contributed by atoms with Crippen LogP contribution in [0.5, 0.6) is 0 Å². The Labute approximate surface area is 112 Å². The Morgan fingerprint density at radius 3 is 2.20 bits per heavy atom. The molecule has 1 aromatic carbocycles. The number of hydrogen-bond acceptors (Lipinski definition) is 2. The summed E-state index contributed by atoms with van der Waals surface area (Å²) >= 11 is 0. The highest BCUT2D eigenvalue weighted by Gasteiger charge is 2.63. The van der Waals surface area contributed by atoms with E-state index in [1.54, 1.807) is 35.6 Å². The Balaban J connectivity index is 2.47. The molecule has 0 heterocycles. The Hall–Kier alpha value is -1.70. The van der Waals surface area contributed by atoms with Gasteiger partial charge in [-0.25, -0.2) is 0 Å². The molecule has 0 aliphatic rings. The molecule has 1 amide bonds. The van der Waals surface area contributed by atoms with Crippen molar-refractivity contribution in [1.82, 2.24) is 5.32 Å². The van der Waals surface area contributed by atoms with E-state index >= 15 is 0 Å². The number of carbonyl (C=O) groups is 1. The second kappa shape index (κ2) is 6.17. The molecule has 8 heteroatoms. The number of nitrogens with one attached hydrogen (secondary N) is 1. The second-order valence-corrected chi connectivity index (χ2v) is 4.13. The van der Waals surface area contributed by atoms with Gasteiger partial charge in [0.15, 0.2) is 0 Å². The molecule has 0 aliphatic heterocycles. The Morgan fingerprint density at radius 1 is 1.15 bits per heavy atom. The van der Waals surface area contributed by atoms with Crippen molar-refractivity contribution >= 4 is 5.91 Å². The van der Waals surface area contributed by atoms with Crippen molar-refractivity contribution in [3.05, 3.63) is 35.9 Å². The topological polar surface area (TPSA) is 55.1 Å². The first-order valence-electron chi connectivity index (χ1n) is 5.69. The minimum atomic E-state index is -5.90. The average molecular weight is 296 g/mol. The van der Waals surface area contributed by atoms with Gasteiger partial charge < -0.3 is 11.1 Å².